The molecule has 3 rings (SSSR count). The van der Waals surface area contributed by atoms with E-state index >= 15 is 0 Å². The maximum Gasteiger partial charge on any atom is 0.243 e. The number of aromatic nitrogens is 5. The fourth-order valence-corrected chi connectivity index (χ4v) is 2.27. The van der Waals surface area contributed by atoms with Crippen LogP contribution in [-0.4, -0.2) is 43.8 Å². The van der Waals surface area contributed by atoms with Crippen molar-refractivity contribution in [1.82, 2.24) is 24.5 Å². The zero-order chi connectivity index (χ0) is 14.7. The molecule has 2 aromatic heterocycles. The minimum Gasteiger partial charge on any atom is -0.378 e. The Balaban J connectivity index is 1.76. The van der Waals surface area contributed by atoms with Crippen LogP contribution in [-0.2, 0) is 4.74 Å². The largest absolute Gasteiger partial charge is 0.378 e. The molecule has 2 atom stereocenters. The van der Waals surface area contributed by atoms with Gasteiger partial charge in [0.25, 0.3) is 0 Å². The maximum absolute atomic E-state index is 5.54. The van der Waals surface area contributed by atoms with E-state index in [-0.39, 0.29) is 6.10 Å². The lowest BCUT2D eigenvalue weighted by molar-refractivity contribution is 0.108. The van der Waals surface area contributed by atoms with E-state index in [0.29, 0.717) is 23.8 Å². The molecule has 4 N–H and O–H groups in total. The standard InChI is InChI=1S/C12H18N8O/c1-8-9(2-5-21-8)6-15-10-16-11(19-13)18-12(17-10)20-4-3-14-7-20/h3-4,7-9H,2,5-6,13H2,1H3,(H2,15,16,17,18,19). The van der Waals surface area contributed by atoms with Gasteiger partial charge in [-0.2, -0.15) is 15.0 Å². The van der Waals surface area contributed by atoms with Crippen molar-refractivity contribution in [3.05, 3.63) is 18.7 Å². The molecule has 1 aliphatic heterocycles. The first-order valence-corrected chi connectivity index (χ1v) is 6.83. The Bertz CT molecular complexity index is 587. The van der Waals surface area contributed by atoms with Crippen molar-refractivity contribution in [2.45, 2.75) is 19.4 Å². The molecule has 0 aromatic carbocycles. The zero-order valence-corrected chi connectivity index (χ0v) is 11.7. The molecule has 0 radical (unpaired) electrons. The quantitative estimate of drug-likeness (QED) is 0.527. The van der Waals surface area contributed by atoms with Crippen molar-refractivity contribution < 1.29 is 4.74 Å². The molecule has 3 heterocycles. The van der Waals surface area contributed by atoms with E-state index in [0.717, 1.165) is 19.6 Å². The van der Waals surface area contributed by atoms with Crippen LogP contribution in [0.5, 0.6) is 0 Å². The first kappa shape index (κ1) is 13.7. The number of hydrazine groups is 1. The van der Waals surface area contributed by atoms with Crippen LogP contribution < -0.4 is 16.6 Å². The summed E-state index contributed by atoms with van der Waals surface area (Å²) in [5.74, 6) is 7.08. The predicted molar refractivity (Wildman–Crippen MR) is 76.8 cm³/mol. The second-order valence-corrected chi connectivity index (χ2v) is 4.90. The molecule has 0 aliphatic carbocycles. The van der Waals surface area contributed by atoms with Crippen molar-refractivity contribution in [1.29, 1.82) is 0 Å². The number of nitrogens with two attached hydrogens (primary N) is 1. The number of anilines is 2. The number of ether oxygens (including phenoxy) is 1. The van der Waals surface area contributed by atoms with Gasteiger partial charge in [0.2, 0.25) is 17.8 Å². The summed E-state index contributed by atoms with van der Waals surface area (Å²) >= 11 is 0. The fourth-order valence-electron chi connectivity index (χ4n) is 2.27. The van der Waals surface area contributed by atoms with Gasteiger partial charge in [-0.15, -0.1) is 0 Å². The van der Waals surface area contributed by atoms with Crippen molar-refractivity contribution in [3.8, 4) is 5.95 Å². The van der Waals surface area contributed by atoms with E-state index in [1.54, 1.807) is 23.3 Å². The third kappa shape index (κ3) is 3.09. The molecule has 2 unspecified atom stereocenters. The summed E-state index contributed by atoms with van der Waals surface area (Å²) in [6.07, 6.45) is 6.32. The summed E-state index contributed by atoms with van der Waals surface area (Å²) in [7, 11) is 0. The van der Waals surface area contributed by atoms with Gasteiger partial charge in [0.05, 0.1) is 6.10 Å². The van der Waals surface area contributed by atoms with E-state index in [1.807, 2.05) is 0 Å². The molecule has 2 aromatic rings. The van der Waals surface area contributed by atoms with Gasteiger partial charge in [0, 0.05) is 31.5 Å². The highest BCUT2D eigenvalue weighted by Gasteiger charge is 2.24. The Labute approximate surface area is 121 Å². The molecule has 1 saturated heterocycles. The van der Waals surface area contributed by atoms with Gasteiger partial charge in [-0.25, -0.2) is 10.8 Å². The Morgan fingerprint density at radius 1 is 1.38 bits per heavy atom. The van der Waals surface area contributed by atoms with E-state index in [1.165, 1.54) is 0 Å². The minimum absolute atomic E-state index is 0.250. The molecule has 0 bridgehead atoms. The number of nitrogens with one attached hydrogen (secondary N) is 2. The molecule has 112 valence electrons. The molecule has 9 heteroatoms. The normalized spacial score (nSPS) is 21.4. The SMILES string of the molecule is CC1OCCC1CNc1nc(NN)nc(-n2ccnc2)n1. The van der Waals surface area contributed by atoms with Crippen LogP contribution >= 0.6 is 0 Å². The van der Waals surface area contributed by atoms with Crippen LogP contribution in [0.2, 0.25) is 0 Å². The average Bonchev–Trinajstić information content (AvgIpc) is 3.16. The van der Waals surface area contributed by atoms with Crippen molar-refractivity contribution in [2.24, 2.45) is 11.8 Å². The average molecular weight is 290 g/mol. The summed E-state index contributed by atoms with van der Waals surface area (Å²) in [5.41, 5.74) is 2.45. The van der Waals surface area contributed by atoms with Gasteiger partial charge in [0.1, 0.15) is 6.33 Å². The van der Waals surface area contributed by atoms with Crippen LogP contribution in [0.3, 0.4) is 0 Å². The molecular formula is C12H18N8O. The highest BCUT2D eigenvalue weighted by Crippen LogP contribution is 2.20. The van der Waals surface area contributed by atoms with Crippen LogP contribution in [0.15, 0.2) is 18.7 Å². The first-order valence-electron chi connectivity index (χ1n) is 6.83. The Hall–Kier alpha value is -2.26. The summed E-state index contributed by atoms with van der Waals surface area (Å²) in [5, 5.41) is 3.22. The van der Waals surface area contributed by atoms with Gasteiger partial charge in [-0.1, -0.05) is 0 Å². The van der Waals surface area contributed by atoms with E-state index < -0.39 is 0 Å². The van der Waals surface area contributed by atoms with Gasteiger partial charge in [-0.3, -0.25) is 9.99 Å². The second-order valence-electron chi connectivity index (χ2n) is 4.90. The first-order chi connectivity index (χ1) is 10.3. The number of hydrogen-bond donors (Lipinski definition) is 3. The lowest BCUT2D eigenvalue weighted by Crippen LogP contribution is -2.22. The second kappa shape index (κ2) is 6.02. The molecule has 1 fully saturated rings. The highest BCUT2D eigenvalue weighted by atomic mass is 16.5. The third-order valence-corrected chi connectivity index (χ3v) is 3.54. The predicted octanol–water partition coefficient (Wildman–Crippen LogP) is 0.180. The van der Waals surface area contributed by atoms with E-state index in [4.69, 9.17) is 10.6 Å². The smallest absolute Gasteiger partial charge is 0.243 e. The Morgan fingerprint density at radius 3 is 2.90 bits per heavy atom. The number of nitrogens with zero attached hydrogens (tertiary/aromatic N) is 5. The molecule has 21 heavy (non-hydrogen) atoms. The number of imidazole rings is 1. The molecule has 9 nitrogen and oxygen atoms in total. The summed E-state index contributed by atoms with van der Waals surface area (Å²) < 4.78 is 7.23. The van der Waals surface area contributed by atoms with Crippen LogP contribution in [0.1, 0.15) is 13.3 Å². The molecule has 0 saturated carbocycles. The van der Waals surface area contributed by atoms with Crippen molar-refractivity contribution >= 4 is 11.9 Å². The summed E-state index contributed by atoms with van der Waals surface area (Å²) in [6, 6.07) is 0. The number of nitrogen functional groups attached to an aromatic ring is 1. The van der Waals surface area contributed by atoms with Gasteiger partial charge in [0.15, 0.2) is 0 Å². The minimum atomic E-state index is 0.250. The van der Waals surface area contributed by atoms with Crippen LogP contribution in [0, 0.1) is 5.92 Å². The monoisotopic (exact) mass is 290 g/mol. The lowest BCUT2D eigenvalue weighted by atomic mass is 10.0. The molecule has 0 spiro atoms. The maximum atomic E-state index is 5.54. The van der Waals surface area contributed by atoms with Crippen LogP contribution in [0.25, 0.3) is 5.95 Å². The molecule has 1 aliphatic rings. The van der Waals surface area contributed by atoms with Crippen LogP contribution in [0.4, 0.5) is 11.9 Å². The molecular weight excluding hydrogens is 272 g/mol. The molecule has 0 amide bonds. The van der Waals surface area contributed by atoms with Gasteiger partial charge in [-0.05, 0) is 13.3 Å². The highest BCUT2D eigenvalue weighted by molar-refractivity contribution is 5.37. The summed E-state index contributed by atoms with van der Waals surface area (Å²) in [4.78, 5) is 16.7. The zero-order valence-electron chi connectivity index (χ0n) is 11.7. The van der Waals surface area contributed by atoms with E-state index in [9.17, 15) is 0 Å². The third-order valence-electron chi connectivity index (χ3n) is 3.54. The topological polar surface area (TPSA) is 116 Å². The van der Waals surface area contributed by atoms with Gasteiger partial charge < -0.3 is 10.1 Å². The van der Waals surface area contributed by atoms with Gasteiger partial charge >= 0.3 is 0 Å². The lowest BCUT2D eigenvalue weighted by Gasteiger charge is -2.15. The van der Waals surface area contributed by atoms with Crippen molar-refractivity contribution in [3.63, 3.8) is 0 Å². The number of rotatable bonds is 5. The number of hydrogen-bond acceptors (Lipinski definition) is 8. The Morgan fingerprint density at radius 2 is 2.24 bits per heavy atom. The Kier molecular flexibility index (Phi) is 3.93. The van der Waals surface area contributed by atoms with E-state index in [2.05, 4.69) is 37.6 Å². The van der Waals surface area contributed by atoms with Crippen molar-refractivity contribution in [2.75, 3.05) is 23.9 Å². The summed E-state index contributed by atoms with van der Waals surface area (Å²) in [6.45, 7) is 3.63. The fraction of sp³-hybridized carbons (Fsp3) is 0.500.